The summed E-state index contributed by atoms with van der Waals surface area (Å²) in [6.45, 7) is 10.3. The van der Waals surface area contributed by atoms with Gasteiger partial charge in [-0.05, 0) is 43.4 Å². The standard InChI is InChI=1S/C33H44N6O5/c1-6-37(7-2)15-14-34-32(40)28-22-24(35-33(41)36-25-20-26(42-3)23-27(21-25)43-4)12-13-29(28)38-16-18-39(19-17-38)30-10-8-9-11-31(30)44-5/h8-13,20-23H,6-7,14-19H2,1-5H3,(H,34,40)(H2,35,36,41). The highest BCUT2D eigenvalue weighted by Crippen LogP contribution is 2.31. The molecule has 0 spiro atoms. The molecule has 0 radical (unpaired) electrons. The molecule has 1 fully saturated rings. The first-order valence-electron chi connectivity index (χ1n) is 15.0. The van der Waals surface area contributed by atoms with Gasteiger partial charge in [0.25, 0.3) is 5.91 Å². The molecule has 0 unspecified atom stereocenters. The third-order valence-corrected chi connectivity index (χ3v) is 7.76. The lowest BCUT2D eigenvalue weighted by molar-refractivity contribution is 0.0949. The first-order valence-corrected chi connectivity index (χ1v) is 15.0. The summed E-state index contributed by atoms with van der Waals surface area (Å²) < 4.78 is 16.2. The highest BCUT2D eigenvalue weighted by Gasteiger charge is 2.24. The van der Waals surface area contributed by atoms with E-state index in [2.05, 4.69) is 50.6 Å². The van der Waals surface area contributed by atoms with Gasteiger partial charge in [-0.15, -0.1) is 0 Å². The van der Waals surface area contributed by atoms with Crippen molar-refractivity contribution in [1.29, 1.82) is 0 Å². The molecule has 0 bridgehead atoms. The van der Waals surface area contributed by atoms with Crippen molar-refractivity contribution >= 4 is 34.7 Å². The van der Waals surface area contributed by atoms with Gasteiger partial charge in [0.15, 0.2) is 0 Å². The smallest absolute Gasteiger partial charge is 0.323 e. The number of amides is 3. The van der Waals surface area contributed by atoms with Crippen LogP contribution in [-0.2, 0) is 0 Å². The van der Waals surface area contributed by atoms with Crippen LogP contribution in [0.2, 0.25) is 0 Å². The number of urea groups is 1. The van der Waals surface area contributed by atoms with Crippen LogP contribution in [0.3, 0.4) is 0 Å². The molecule has 11 nitrogen and oxygen atoms in total. The van der Waals surface area contributed by atoms with Gasteiger partial charge in [-0.3, -0.25) is 4.79 Å². The van der Waals surface area contributed by atoms with E-state index >= 15 is 0 Å². The normalized spacial score (nSPS) is 13.0. The monoisotopic (exact) mass is 604 g/mol. The Morgan fingerprint density at radius 3 is 1.98 bits per heavy atom. The average Bonchev–Trinajstić information content (AvgIpc) is 3.06. The number of para-hydroxylation sites is 2. The van der Waals surface area contributed by atoms with Gasteiger partial charge < -0.3 is 44.9 Å². The van der Waals surface area contributed by atoms with Crippen molar-refractivity contribution in [2.45, 2.75) is 13.8 Å². The SMILES string of the molecule is CCN(CC)CCNC(=O)c1cc(NC(=O)Nc2cc(OC)cc(OC)c2)ccc1N1CCN(c2ccccc2OC)CC1. The van der Waals surface area contributed by atoms with Crippen molar-refractivity contribution in [2.24, 2.45) is 0 Å². The van der Waals surface area contributed by atoms with Crippen LogP contribution in [0.15, 0.2) is 60.7 Å². The molecule has 3 amide bonds. The van der Waals surface area contributed by atoms with E-state index in [9.17, 15) is 9.59 Å². The van der Waals surface area contributed by atoms with Gasteiger partial charge in [-0.25, -0.2) is 4.79 Å². The molecule has 1 heterocycles. The number of nitrogens with one attached hydrogen (secondary N) is 3. The van der Waals surface area contributed by atoms with Gasteiger partial charge in [0.05, 0.1) is 32.6 Å². The summed E-state index contributed by atoms with van der Waals surface area (Å²) in [6.07, 6.45) is 0. The lowest BCUT2D eigenvalue weighted by Gasteiger charge is -2.38. The number of anilines is 4. The van der Waals surface area contributed by atoms with Crippen LogP contribution in [-0.4, -0.2) is 90.5 Å². The fourth-order valence-electron chi connectivity index (χ4n) is 5.29. The second kappa shape index (κ2) is 15.7. The van der Waals surface area contributed by atoms with Crippen LogP contribution in [0.1, 0.15) is 24.2 Å². The van der Waals surface area contributed by atoms with Gasteiger partial charge in [-0.1, -0.05) is 26.0 Å². The minimum absolute atomic E-state index is 0.180. The van der Waals surface area contributed by atoms with Gasteiger partial charge in [0.2, 0.25) is 0 Å². The molecule has 3 aromatic rings. The molecule has 1 saturated heterocycles. The fraction of sp³-hybridized carbons (Fsp3) is 0.394. The largest absolute Gasteiger partial charge is 0.497 e. The molecule has 11 heteroatoms. The molecule has 0 atom stereocenters. The Labute approximate surface area is 260 Å². The van der Waals surface area contributed by atoms with Gasteiger partial charge >= 0.3 is 6.03 Å². The minimum atomic E-state index is -0.452. The van der Waals surface area contributed by atoms with E-state index in [0.29, 0.717) is 35.0 Å². The van der Waals surface area contributed by atoms with E-state index in [-0.39, 0.29) is 5.91 Å². The number of benzene rings is 3. The van der Waals surface area contributed by atoms with Crippen LogP contribution in [0, 0.1) is 0 Å². The van der Waals surface area contributed by atoms with Crippen molar-refractivity contribution in [3.8, 4) is 17.2 Å². The van der Waals surface area contributed by atoms with Crippen molar-refractivity contribution in [1.82, 2.24) is 10.2 Å². The summed E-state index contributed by atoms with van der Waals surface area (Å²) in [5, 5.41) is 8.76. The summed E-state index contributed by atoms with van der Waals surface area (Å²) in [5.41, 5.74) is 3.41. The van der Waals surface area contributed by atoms with Crippen LogP contribution < -0.4 is 40.0 Å². The second-order valence-corrected chi connectivity index (χ2v) is 10.3. The number of ether oxygens (including phenoxy) is 3. The first kappa shape index (κ1) is 32.3. The van der Waals surface area contributed by atoms with Crippen LogP contribution in [0.5, 0.6) is 17.2 Å². The maximum Gasteiger partial charge on any atom is 0.323 e. The first-order chi connectivity index (χ1) is 21.4. The summed E-state index contributed by atoms with van der Waals surface area (Å²) in [7, 11) is 4.78. The number of carbonyl (C=O) groups is 2. The Hall–Kier alpha value is -4.64. The molecule has 3 N–H and O–H groups in total. The van der Waals surface area contributed by atoms with Crippen molar-refractivity contribution in [3.63, 3.8) is 0 Å². The van der Waals surface area contributed by atoms with E-state index in [1.54, 1.807) is 45.6 Å². The number of piperazine rings is 1. The second-order valence-electron chi connectivity index (χ2n) is 10.3. The zero-order valence-corrected chi connectivity index (χ0v) is 26.3. The van der Waals surface area contributed by atoms with Crippen molar-refractivity contribution in [3.05, 3.63) is 66.2 Å². The molecule has 4 rings (SSSR count). The molecular formula is C33H44N6O5. The predicted molar refractivity (Wildman–Crippen MR) is 176 cm³/mol. The number of hydrogen-bond acceptors (Lipinski definition) is 8. The van der Waals surface area contributed by atoms with Gasteiger partial charge in [0.1, 0.15) is 17.2 Å². The molecule has 3 aromatic carbocycles. The number of hydrogen-bond donors (Lipinski definition) is 3. The molecule has 0 aliphatic carbocycles. The van der Waals surface area contributed by atoms with E-state index in [4.69, 9.17) is 14.2 Å². The maximum absolute atomic E-state index is 13.6. The van der Waals surface area contributed by atoms with Crippen molar-refractivity contribution in [2.75, 3.05) is 94.1 Å². The summed E-state index contributed by atoms with van der Waals surface area (Å²) in [4.78, 5) is 33.3. The molecular weight excluding hydrogens is 560 g/mol. The average molecular weight is 605 g/mol. The highest BCUT2D eigenvalue weighted by molar-refractivity contribution is 6.04. The lowest BCUT2D eigenvalue weighted by Crippen LogP contribution is -2.47. The quantitative estimate of drug-likeness (QED) is 0.257. The lowest BCUT2D eigenvalue weighted by atomic mass is 10.1. The predicted octanol–water partition coefficient (Wildman–Crippen LogP) is 4.75. The summed E-state index contributed by atoms with van der Waals surface area (Å²) in [6, 6.07) is 18.1. The number of methoxy groups -OCH3 is 3. The van der Waals surface area contributed by atoms with Gasteiger partial charge in [0, 0.05) is 74.5 Å². The molecule has 1 aliphatic heterocycles. The molecule has 44 heavy (non-hydrogen) atoms. The van der Waals surface area contributed by atoms with Crippen LogP contribution in [0.4, 0.5) is 27.5 Å². The maximum atomic E-state index is 13.6. The molecule has 0 saturated carbocycles. The third kappa shape index (κ3) is 8.25. The number of nitrogens with zero attached hydrogens (tertiary/aromatic N) is 3. The van der Waals surface area contributed by atoms with Crippen LogP contribution >= 0.6 is 0 Å². The molecule has 1 aliphatic rings. The Bertz CT molecular complexity index is 1380. The van der Waals surface area contributed by atoms with Crippen LogP contribution in [0.25, 0.3) is 0 Å². The van der Waals surface area contributed by atoms with E-state index in [1.807, 2.05) is 30.3 Å². The van der Waals surface area contributed by atoms with Gasteiger partial charge in [-0.2, -0.15) is 0 Å². The topological polar surface area (TPSA) is 108 Å². The highest BCUT2D eigenvalue weighted by atomic mass is 16.5. The van der Waals surface area contributed by atoms with E-state index < -0.39 is 6.03 Å². The third-order valence-electron chi connectivity index (χ3n) is 7.76. The van der Waals surface area contributed by atoms with E-state index in [0.717, 1.165) is 62.9 Å². The summed E-state index contributed by atoms with van der Waals surface area (Å²) >= 11 is 0. The minimum Gasteiger partial charge on any atom is -0.497 e. The number of rotatable bonds is 13. The molecule has 0 aromatic heterocycles. The number of likely N-dealkylation sites (N-methyl/N-ethyl adjacent to an activating group) is 1. The Morgan fingerprint density at radius 2 is 1.36 bits per heavy atom. The van der Waals surface area contributed by atoms with Crippen molar-refractivity contribution < 1.29 is 23.8 Å². The summed E-state index contributed by atoms with van der Waals surface area (Å²) in [5.74, 6) is 1.77. The zero-order valence-electron chi connectivity index (χ0n) is 26.3. The Morgan fingerprint density at radius 1 is 0.750 bits per heavy atom. The Kier molecular flexibility index (Phi) is 11.5. The zero-order chi connectivity index (χ0) is 31.5. The Balaban J connectivity index is 1.51. The fourth-order valence-corrected chi connectivity index (χ4v) is 5.29. The van der Waals surface area contributed by atoms with E-state index in [1.165, 1.54) is 0 Å². The molecule has 236 valence electrons. The number of carbonyl (C=O) groups excluding carboxylic acids is 2.